The van der Waals surface area contributed by atoms with Crippen LogP contribution in [0.1, 0.15) is 35.2 Å². The topological polar surface area (TPSA) is 47.3 Å². The summed E-state index contributed by atoms with van der Waals surface area (Å²) in [7, 11) is 2.20. The van der Waals surface area contributed by atoms with Crippen LogP contribution < -0.4 is 0 Å². The van der Waals surface area contributed by atoms with Crippen LogP contribution in [-0.4, -0.2) is 48.4 Å². The lowest BCUT2D eigenvalue weighted by Crippen LogP contribution is -2.53. The molecule has 1 amide bonds. The average molecular weight is 283 g/mol. The Balaban J connectivity index is 1.69. The van der Waals surface area contributed by atoms with Crippen molar-refractivity contribution in [2.75, 3.05) is 26.7 Å². The first kappa shape index (κ1) is 14.1. The number of nitriles is 1. The van der Waals surface area contributed by atoms with E-state index in [1.165, 1.54) is 19.4 Å². The maximum absolute atomic E-state index is 12.6. The molecule has 110 valence electrons. The molecule has 2 aliphatic rings. The molecule has 0 bridgehead atoms. The maximum Gasteiger partial charge on any atom is 0.253 e. The zero-order valence-corrected chi connectivity index (χ0v) is 12.5. The van der Waals surface area contributed by atoms with E-state index in [1.807, 2.05) is 4.90 Å². The first-order chi connectivity index (χ1) is 10.2. The molecule has 0 aromatic heterocycles. The lowest BCUT2D eigenvalue weighted by molar-refractivity contribution is 0.0317. The Morgan fingerprint density at radius 2 is 2.00 bits per heavy atom. The van der Waals surface area contributed by atoms with Crippen LogP contribution in [0.5, 0.6) is 0 Å². The number of hydrogen-bond donors (Lipinski definition) is 0. The number of carbonyl (C=O) groups excluding carboxylic acids is 1. The van der Waals surface area contributed by atoms with Gasteiger partial charge in [-0.1, -0.05) is 0 Å². The number of likely N-dealkylation sites (tertiary alicyclic amines) is 2. The summed E-state index contributed by atoms with van der Waals surface area (Å²) in [4.78, 5) is 17.0. The minimum absolute atomic E-state index is 0.103. The van der Waals surface area contributed by atoms with Crippen LogP contribution in [0.2, 0.25) is 0 Å². The Labute approximate surface area is 126 Å². The van der Waals surface area contributed by atoms with Gasteiger partial charge in [0.05, 0.1) is 11.6 Å². The van der Waals surface area contributed by atoms with E-state index < -0.39 is 0 Å². The second kappa shape index (κ2) is 5.87. The number of amides is 1. The molecule has 0 spiro atoms. The van der Waals surface area contributed by atoms with Gasteiger partial charge in [0.1, 0.15) is 0 Å². The fourth-order valence-corrected chi connectivity index (χ4v) is 3.71. The number of piperidine rings is 2. The van der Waals surface area contributed by atoms with E-state index in [-0.39, 0.29) is 5.91 Å². The van der Waals surface area contributed by atoms with Gasteiger partial charge in [-0.2, -0.15) is 5.26 Å². The van der Waals surface area contributed by atoms with Gasteiger partial charge >= 0.3 is 0 Å². The molecule has 0 aliphatic carbocycles. The summed E-state index contributed by atoms with van der Waals surface area (Å²) < 4.78 is 0. The molecule has 2 unspecified atom stereocenters. The van der Waals surface area contributed by atoms with Crippen LogP contribution in [0.15, 0.2) is 24.3 Å². The third-order valence-electron chi connectivity index (χ3n) is 4.89. The van der Waals surface area contributed by atoms with Crippen molar-refractivity contribution in [2.24, 2.45) is 5.92 Å². The molecule has 0 radical (unpaired) electrons. The van der Waals surface area contributed by atoms with E-state index in [2.05, 4.69) is 18.0 Å². The van der Waals surface area contributed by atoms with Crippen molar-refractivity contribution in [1.82, 2.24) is 9.80 Å². The molecule has 2 heterocycles. The number of fused-ring (bicyclic) bond motifs is 1. The van der Waals surface area contributed by atoms with Crippen LogP contribution >= 0.6 is 0 Å². The van der Waals surface area contributed by atoms with Crippen molar-refractivity contribution in [3.8, 4) is 6.07 Å². The summed E-state index contributed by atoms with van der Waals surface area (Å²) >= 11 is 0. The van der Waals surface area contributed by atoms with Crippen molar-refractivity contribution >= 4 is 5.91 Å². The number of benzene rings is 1. The van der Waals surface area contributed by atoms with E-state index in [4.69, 9.17) is 5.26 Å². The molecule has 2 aliphatic heterocycles. The monoisotopic (exact) mass is 283 g/mol. The van der Waals surface area contributed by atoms with Gasteiger partial charge in [0.25, 0.3) is 5.91 Å². The Bertz CT molecular complexity index is 560. The second-order valence-electron chi connectivity index (χ2n) is 6.18. The fourth-order valence-electron chi connectivity index (χ4n) is 3.71. The zero-order valence-electron chi connectivity index (χ0n) is 12.5. The molecule has 4 nitrogen and oxygen atoms in total. The highest BCUT2D eigenvalue weighted by atomic mass is 16.2. The molecule has 2 atom stereocenters. The van der Waals surface area contributed by atoms with Crippen molar-refractivity contribution in [3.63, 3.8) is 0 Å². The van der Waals surface area contributed by atoms with E-state index in [0.29, 0.717) is 23.1 Å². The van der Waals surface area contributed by atoms with Crippen molar-refractivity contribution in [1.29, 1.82) is 5.26 Å². The molecule has 3 rings (SSSR count). The summed E-state index contributed by atoms with van der Waals surface area (Å²) in [6, 6.07) is 9.69. The molecule has 2 fully saturated rings. The molecule has 2 saturated heterocycles. The molecule has 21 heavy (non-hydrogen) atoms. The van der Waals surface area contributed by atoms with Gasteiger partial charge in [0.15, 0.2) is 0 Å². The van der Waals surface area contributed by atoms with Gasteiger partial charge in [-0.3, -0.25) is 4.79 Å². The first-order valence-corrected chi connectivity index (χ1v) is 7.68. The van der Waals surface area contributed by atoms with E-state index >= 15 is 0 Å². The Hall–Kier alpha value is -1.86. The number of hydrogen-bond acceptors (Lipinski definition) is 3. The van der Waals surface area contributed by atoms with Crippen LogP contribution in [0.4, 0.5) is 0 Å². The maximum atomic E-state index is 12.6. The lowest BCUT2D eigenvalue weighted by Gasteiger charge is -2.46. The quantitative estimate of drug-likeness (QED) is 0.793. The largest absolute Gasteiger partial charge is 0.338 e. The fraction of sp³-hybridized carbons (Fsp3) is 0.529. The van der Waals surface area contributed by atoms with Crippen molar-refractivity contribution in [3.05, 3.63) is 35.4 Å². The highest BCUT2D eigenvalue weighted by molar-refractivity contribution is 5.94. The Morgan fingerprint density at radius 1 is 1.24 bits per heavy atom. The van der Waals surface area contributed by atoms with E-state index in [0.717, 1.165) is 19.5 Å². The number of rotatable bonds is 1. The highest BCUT2D eigenvalue weighted by Gasteiger charge is 2.35. The average Bonchev–Trinajstić information content (AvgIpc) is 2.54. The van der Waals surface area contributed by atoms with Crippen LogP contribution in [-0.2, 0) is 0 Å². The SMILES string of the molecule is CN1CCCC2CN(C(=O)c3ccc(C#N)cc3)CCC21. The van der Waals surface area contributed by atoms with Gasteiger partial charge in [-0.15, -0.1) is 0 Å². The molecular weight excluding hydrogens is 262 g/mol. The summed E-state index contributed by atoms with van der Waals surface area (Å²) in [5.74, 6) is 0.714. The molecular formula is C17H21N3O. The van der Waals surface area contributed by atoms with Crippen molar-refractivity contribution < 1.29 is 4.79 Å². The first-order valence-electron chi connectivity index (χ1n) is 7.68. The van der Waals surface area contributed by atoms with Gasteiger partial charge in [0.2, 0.25) is 0 Å². The summed E-state index contributed by atoms with van der Waals surface area (Å²) in [6.45, 7) is 2.89. The van der Waals surface area contributed by atoms with Crippen LogP contribution in [0.3, 0.4) is 0 Å². The standard InChI is InChI=1S/C17H21N3O/c1-19-9-2-3-15-12-20(10-8-16(15)19)17(21)14-6-4-13(11-18)5-7-14/h4-7,15-16H,2-3,8-10,12H2,1H3. The van der Waals surface area contributed by atoms with Crippen molar-refractivity contribution in [2.45, 2.75) is 25.3 Å². The predicted octanol–water partition coefficient (Wildman–Crippen LogP) is 2.11. The number of nitrogens with zero attached hydrogens (tertiary/aromatic N) is 3. The normalized spacial score (nSPS) is 26.0. The molecule has 1 aromatic carbocycles. The van der Waals surface area contributed by atoms with Gasteiger partial charge in [-0.25, -0.2) is 0 Å². The molecule has 0 N–H and O–H groups in total. The summed E-state index contributed by atoms with van der Waals surface area (Å²) in [6.07, 6.45) is 3.53. The molecule has 0 saturated carbocycles. The predicted molar refractivity (Wildman–Crippen MR) is 80.8 cm³/mol. The minimum atomic E-state index is 0.103. The summed E-state index contributed by atoms with van der Waals surface area (Å²) in [5, 5.41) is 8.82. The molecule has 4 heteroatoms. The second-order valence-corrected chi connectivity index (χ2v) is 6.18. The Morgan fingerprint density at radius 3 is 2.71 bits per heavy atom. The van der Waals surface area contributed by atoms with E-state index in [9.17, 15) is 4.79 Å². The van der Waals surface area contributed by atoms with E-state index in [1.54, 1.807) is 24.3 Å². The summed E-state index contributed by atoms with van der Waals surface area (Å²) in [5.41, 5.74) is 1.29. The third kappa shape index (κ3) is 2.79. The zero-order chi connectivity index (χ0) is 14.8. The van der Waals surface area contributed by atoms with Gasteiger partial charge in [-0.05, 0) is 63.0 Å². The van der Waals surface area contributed by atoms with Gasteiger partial charge in [0, 0.05) is 24.7 Å². The highest BCUT2D eigenvalue weighted by Crippen LogP contribution is 2.30. The number of carbonyl (C=O) groups is 1. The lowest BCUT2D eigenvalue weighted by atomic mass is 9.84. The third-order valence-corrected chi connectivity index (χ3v) is 4.89. The molecule has 1 aromatic rings. The smallest absolute Gasteiger partial charge is 0.253 e. The van der Waals surface area contributed by atoms with Gasteiger partial charge < -0.3 is 9.80 Å². The minimum Gasteiger partial charge on any atom is -0.338 e. The van der Waals surface area contributed by atoms with Crippen LogP contribution in [0, 0.1) is 17.2 Å². The Kier molecular flexibility index (Phi) is 3.94. The van der Waals surface area contributed by atoms with Crippen LogP contribution in [0.25, 0.3) is 0 Å².